The maximum atomic E-state index is 13.9. The Labute approximate surface area is 306 Å². The van der Waals surface area contributed by atoms with Crippen LogP contribution < -0.4 is 9.47 Å². The van der Waals surface area contributed by atoms with Crippen LogP contribution in [0.5, 0.6) is 17.2 Å². The number of nitro benzene ring substituents is 1. The first-order valence-electron chi connectivity index (χ1n) is 17.9. The van der Waals surface area contributed by atoms with Gasteiger partial charge in [-0.1, -0.05) is 103 Å². The van der Waals surface area contributed by atoms with E-state index >= 15 is 0 Å². The summed E-state index contributed by atoms with van der Waals surface area (Å²) in [5.41, 5.74) is 2.05. The minimum Gasteiger partial charge on any atom is -0.507 e. The van der Waals surface area contributed by atoms with Gasteiger partial charge in [0.25, 0.3) is 5.69 Å². The summed E-state index contributed by atoms with van der Waals surface area (Å²) >= 11 is 0. The van der Waals surface area contributed by atoms with Crippen molar-refractivity contribution in [1.29, 1.82) is 0 Å². The molecule has 2 N–H and O–H groups in total. The van der Waals surface area contributed by atoms with Crippen molar-refractivity contribution in [3.05, 3.63) is 91.5 Å². The number of aromatic hydroxyl groups is 1. The summed E-state index contributed by atoms with van der Waals surface area (Å²) in [5.74, 6) is 1.25. The van der Waals surface area contributed by atoms with E-state index in [0.717, 1.165) is 33.8 Å². The number of aliphatic hydroxyl groups is 1. The zero-order valence-electron chi connectivity index (χ0n) is 33.9. The van der Waals surface area contributed by atoms with Gasteiger partial charge >= 0.3 is 0 Å². The quantitative estimate of drug-likeness (QED) is 0.123. The van der Waals surface area contributed by atoms with Crippen LogP contribution in [0.3, 0.4) is 0 Å². The van der Waals surface area contributed by atoms with Gasteiger partial charge in [-0.25, -0.2) is 0 Å². The van der Waals surface area contributed by atoms with Crippen LogP contribution in [0.25, 0.3) is 0 Å². The topological polar surface area (TPSA) is 114 Å². The molecule has 3 rings (SSSR count). The van der Waals surface area contributed by atoms with Crippen molar-refractivity contribution in [2.75, 3.05) is 14.2 Å². The van der Waals surface area contributed by atoms with E-state index in [1.54, 1.807) is 14.2 Å². The van der Waals surface area contributed by atoms with Crippen molar-refractivity contribution in [2.24, 2.45) is 10.9 Å². The lowest BCUT2D eigenvalue weighted by Crippen LogP contribution is -2.44. The molecule has 0 fully saturated rings. The summed E-state index contributed by atoms with van der Waals surface area (Å²) in [6, 6.07) is 11.3. The fraction of sp³-hybridized carbons (Fsp3) is 0.558. The first-order chi connectivity index (χ1) is 23.2. The van der Waals surface area contributed by atoms with Crippen LogP contribution >= 0.6 is 0 Å². The summed E-state index contributed by atoms with van der Waals surface area (Å²) < 4.78 is 12.3. The summed E-state index contributed by atoms with van der Waals surface area (Å²) in [6.07, 6.45) is 2.13. The molecule has 0 radical (unpaired) electrons. The number of methoxy groups -OCH3 is 2. The van der Waals surface area contributed by atoms with Crippen molar-refractivity contribution in [3.63, 3.8) is 0 Å². The minimum absolute atomic E-state index is 0.139. The number of rotatable bonds is 10. The number of aliphatic imine (C=N–C) groups is 1. The van der Waals surface area contributed by atoms with E-state index in [9.17, 15) is 20.3 Å². The highest BCUT2D eigenvalue weighted by Gasteiger charge is 2.46. The van der Waals surface area contributed by atoms with Crippen LogP contribution in [0.2, 0.25) is 0 Å². The lowest BCUT2D eigenvalue weighted by molar-refractivity contribution is -0.384. The number of benzene rings is 3. The molecule has 0 amide bonds. The van der Waals surface area contributed by atoms with Crippen molar-refractivity contribution in [1.82, 2.24) is 0 Å². The van der Waals surface area contributed by atoms with Gasteiger partial charge in [-0.05, 0) is 69.0 Å². The number of hydrogen-bond acceptors (Lipinski definition) is 7. The number of nitrogens with zero attached hydrogens (tertiary/aromatic N) is 2. The van der Waals surface area contributed by atoms with Gasteiger partial charge in [-0.15, -0.1) is 0 Å². The van der Waals surface area contributed by atoms with E-state index in [-0.39, 0.29) is 44.6 Å². The van der Waals surface area contributed by atoms with Crippen molar-refractivity contribution >= 4 is 11.9 Å². The van der Waals surface area contributed by atoms with Gasteiger partial charge in [0.05, 0.1) is 25.2 Å². The highest BCUT2D eigenvalue weighted by molar-refractivity contribution is 5.84. The Morgan fingerprint density at radius 1 is 0.745 bits per heavy atom. The second-order valence-electron chi connectivity index (χ2n) is 18.1. The Bertz CT molecular complexity index is 1610. The molecule has 8 nitrogen and oxygen atoms in total. The van der Waals surface area contributed by atoms with Crippen LogP contribution in [0.15, 0.2) is 47.5 Å². The minimum atomic E-state index is -1.72. The maximum Gasteiger partial charge on any atom is 0.270 e. The van der Waals surface area contributed by atoms with Gasteiger partial charge in [0.15, 0.2) is 0 Å². The maximum absolute atomic E-state index is 13.9. The molecular weight excluding hydrogens is 640 g/mol. The number of hydrogen-bond donors (Lipinski definition) is 2. The predicted molar refractivity (Wildman–Crippen MR) is 209 cm³/mol. The first-order valence-corrected chi connectivity index (χ1v) is 17.9. The van der Waals surface area contributed by atoms with E-state index in [0.29, 0.717) is 17.5 Å². The van der Waals surface area contributed by atoms with Crippen molar-refractivity contribution < 1.29 is 24.6 Å². The molecule has 8 heteroatoms. The molecule has 280 valence electrons. The number of ether oxygens (including phenoxy) is 2. The van der Waals surface area contributed by atoms with Crippen LogP contribution in [0.4, 0.5) is 5.69 Å². The standard InChI is InChI=1S/C43H62N2O6/c1-17-26(2)38(44-25-27-20-30(45(48)49)18-19-35(27)46)43(47,28-21-31(39(3,4)5)36(50-15)32(22-28)40(6,7)8)29-23-33(41(9,10)11)37(51-16)34(24-29)42(12,13)14/h18-26,38,46-47H,17H2,1-16H3. The normalized spacial score (nSPS) is 14.5. The molecule has 0 bridgehead atoms. The van der Waals surface area contributed by atoms with Crippen LogP contribution in [0.1, 0.15) is 142 Å². The Morgan fingerprint density at radius 3 is 1.41 bits per heavy atom. The number of non-ortho nitro benzene ring substituents is 1. The monoisotopic (exact) mass is 702 g/mol. The van der Waals surface area contributed by atoms with E-state index in [1.165, 1.54) is 24.4 Å². The van der Waals surface area contributed by atoms with E-state index in [2.05, 4.69) is 121 Å². The van der Waals surface area contributed by atoms with Gasteiger partial charge in [0, 0.05) is 46.2 Å². The fourth-order valence-corrected chi connectivity index (χ4v) is 6.68. The molecule has 3 aromatic rings. The molecule has 0 aliphatic heterocycles. The van der Waals surface area contributed by atoms with Crippen molar-refractivity contribution in [3.8, 4) is 17.2 Å². The molecule has 0 saturated carbocycles. The molecule has 0 aliphatic carbocycles. The Hall–Kier alpha value is -3.91. The summed E-state index contributed by atoms with van der Waals surface area (Å²) in [4.78, 5) is 16.2. The van der Waals surface area contributed by atoms with Gasteiger partial charge in [0.2, 0.25) is 0 Å². The zero-order chi connectivity index (χ0) is 39.1. The molecule has 2 atom stereocenters. The zero-order valence-corrected chi connectivity index (χ0v) is 33.9. The molecular formula is C43H62N2O6. The highest BCUT2D eigenvalue weighted by atomic mass is 16.6. The van der Waals surface area contributed by atoms with E-state index in [4.69, 9.17) is 14.5 Å². The molecule has 2 unspecified atom stereocenters. The molecule has 0 saturated heterocycles. The Morgan fingerprint density at radius 2 is 1.12 bits per heavy atom. The average Bonchev–Trinajstić information content (AvgIpc) is 3.01. The lowest BCUT2D eigenvalue weighted by Gasteiger charge is -2.42. The third-order valence-electron chi connectivity index (χ3n) is 9.91. The van der Waals surface area contributed by atoms with E-state index < -0.39 is 16.6 Å². The second-order valence-corrected chi connectivity index (χ2v) is 18.1. The molecule has 51 heavy (non-hydrogen) atoms. The largest absolute Gasteiger partial charge is 0.507 e. The summed E-state index contributed by atoms with van der Waals surface area (Å²) in [6.45, 7) is 29.8. The van der Waals surface area contributed by atoms with Crippen molar-refractivity contribution in [2.45, 2.75) is 137 Å². The number of phenols is 1. The smallest absolute Gasteiger partial charge is 0.270 e. The molecule has 0 aliphatic rings. The summed E-state index contributed by atoms with van der Waals surface area (Å²) in [7, 11) is 3.39. The average molecular weight is 703 g/mol. The third kappa shape index (κ3) is 8.60. The molecule has 3 aromatic carbocycles. The Balaban J connectivity index is 2.69. The van der Waals surface area contributed by atoms with Gasteiger partial charge in [-0.2, -0.15) is 0 Å². The third-order valence-corrected chi connectivity index (χ3v) is 9.91. The molecule has 0 spiro atoms. The van der Waals surface area contributed by atoms with Crippen LogP contribution in [-0.4, -0.2) is 41.6 Å². The van der Waals surface area contributed by atoms with Gasteiger partial charge < -0.3 is 19.7 Å². The van der Waals surface area contributed by atoms with E-state index in [1.807, 2.05) is 0 Å². The van der Waals surface area contributed by atoms with Crippen LogP contribution in [-0.2, 0) is 27.3 Å². The lowest BCUT2D eigenvalue weighted by atomic mass is 9.68. The number of nitro groups is 1. The first kappa shape index (κ1) is 41.5. The SMILES string of the molecule is CCC(C)C(N=Cc1cc([N+](=O)[O-])ccc1O)C(O)(c1cc(C(C)(C)C)c(OC)c(C(C)(C)C)c1)c1cc(C(C)(C)C)c(OC)c(C(C)(C)C)c1. The Kier molecular flexibility index (Phi) is 11.9. The number of phenolic OH excluding ortho intramolecular Hbond substituents is 1. The second kappa shape index (κ2) is 14.6. The molecule has 0 aromatic heterocycles. The van der Waals surface area contributed by atoms with Gasteiger partial charge in [-0.3, -0.25) is 15.1 Å². The molecule has 0 heterocycles. The van der Waals surface area contributed by atoms with Gasteiger partial charge in [0.1, 0.15) is 22.8 Å². The highest BCUT2D eigenvalue weighted by Crippen LogP contribution is 2.49. The fourth-order valence-electron chi connectivity index (χ4n) is 6.68. The van der Waals surface area contributed by atoms with Crippen LogP contribution in [0, 0.1) is 16.0 Å². The predicted octanol–water partition coefficient (Wildman–Crippen LogP) is 10.3. The summed E-state index contributed by atoms with van der Waals surface area (Å²) in [5, 5.41) is 36.4.